The molecule has 2 aromatic heterocycles. The van der Waals surface area contributed by atoms with Crippen molar-refractivity contribution in [1.29, 1.82) is 0 Å². The van der Waals surface area contributed by atoms with Gasteiger partial charge in [0.05, 0.1) is 11.3 Å². The zero-order chi connectivity index (χ0) is 24.6. The van der Waals surface area contributed by atoms with E-state index < -0.39 is 11.7 Å². The van der Waals surface area contributed by atoms with Crippen LogP contribution in [0, 0.1) is 0 Å². The van der Waals surface area contributed by atoms with Gasteiger partial charge in [0.2, 0.25) is 0 Å². The van der Waals surface area contributed by atoms with Crippen LogP contribution in [0.1, 0.15) is 41.0 Å². The summed E-state index contributed by atoms with van der Waals surface area (Å²) in [6, 6.07) is 6.38. The highest BCUT2D eigenvalue weighted by Gasteiger charge is 2.36. The number of aromatic nitrogens is 3. The lowest BCUT2D eigenvalue weighted by molar-refractivity contribution is -0.138. The molecule has 2 aliphatic rings. The van der Waals surface area contributed by atoms with E-state index in [4.69, 9.17) is 4.98 Å². The number of pyridine rings is 1. The average Bonchev–Trinajstić information content (AvgIpc) is 2.84. The predicted octanol–water partition coefficient (Wildman–Crippen LogP) is 5.65. The minimum atomic E-state index is -4.46. The number of nitrogens with one attached hydrogen (secondary N) is 2. The van der Waals surface area contributed by atoms with Crippen LogP contribution in [0.4, 0.5) is 24.7 Å². The van der Waals surface area contributed by atoms with Gasteiger partial charge in [0.15, 0.2) is 0 Å². The Balaban J connectivity index is 1.55. The molecule has 0 amide bonds. The van der Waals surface area contributed by atoms with E-state index in [2.05, 4.69) is 32.1 Å². The van der Waals surface area contributed by atoms with Gasteiger partial charge in [-0.15, -0.1) is 0 Å². The Morgan fingerprint density at radius 1 is 1.11 bits per heavy atom. The molecule has 0 radical (unpaired) electrons. The molecule has 1 aromatic carbocycles. The lowest BCUT2D eigenvalue weighted by Crippen LogP contribution is -2.30. The topological polar surface area (TPSA) is 66.0 Å². The van der Waals surface area contributed by atoms with Gasteiger partial charge in [-0.25, -0.2) is 15.0 Å². The third kappa shape index (κ3) is 4.77. The van der Waals surface area contributed by atoms with Crippen molar-refractivity contribution in [3.05, 3.63) is 78.0 Å². The molecule has 0 aliphatic carbocycles. The van der Waals surface area contributed by atoms with Crippen LogP contribution in [-0.2, 0) is 6.18 Å². The minimum absolute atomic E-state index is 0.113. The van der Waals surface area contributed by atoms with Crippen molar-refractivity contribution in [3.63, 3.8) is 0 Å². The Hall–Kier alpha value is -3.72. The number of fused-ring (bicyclic) bond motifs is 1. The first-order valence-corrected chi connectivity index (χ1v) is 11.4. The van der Waals surface area contributed by atoms with Gasteiger partial charge in [0.25, 0.3) is 0 Å². The number of piperidine rings is 1. The second kappa shape index (κ2) is 9.14. The van der Waals surface area contributed by atoms with Crippen LogP contribution in [0.5, 0.6) is 0 Å². The molecular weight excluding hydrogens is 453 g/mol. The van der Waals surface area contributed by atoms with Gasteiger partial charge in [-0.1, -0.05) is 12.6 Å². The van der Waals surface area contributed by atoms with E-state index >= 15 is 0 Å². The summed E-state index contributed by atoms with van der Waals surface area (Å²) in [5, 5.41) is 6.18. The molecule has 1 saturated heterocycles. The predicted molar refractivity (Wildman–Crippen MR) is 131 cm³/mol. The highest BCUT2D eigenvalue weighted by Crippen LogP contribution is 2.41. The van der Waals surface area contributed by atoms with Gasteiger partial charge in [0, 0.05) is 41.1 Å². The zero-order valence-corrected chi connectivity index (χ0v) is 19.2. The van der Waals surface area contributed by atoms with E-state index in [-0.39, 0.29) is 5.92 Å². The minimum Gasteiger partial charge on any atom is -0.362 e. The fraction of sp³-hybridized carbons (Fsp3) is 0.269. The summed E-state index contributed by atoms with van der Waals surface area (Å²) < 4.78 is 42.4. The Labute approximate surface area is 201 Å². The number of rotatable bonds is 4. The maximum atomic E-state index is 14.1. The average molecular weight is 479 g/mol. The van der Waals surface area contributed by atoms with Crippen molar-refractivity contribution in [1.82, 2.24) is 25.2 Å². The summed E-state index contributed by atoms with van der Waals surface area (Å²) in [5.74, 6) is 0.293. The van der Waals surface area contributed by atoms with E-state index in [9.17, 15) is 13.2 Å². The molecule has 4 heterocycles. The first-order valence-electron chi connectivity index (χ1n) is 11.4. The van der Waals surface area contributed by atoms with Gasteiger partial charge in [0.1, 0.15) is 12.1 Å². The molecule has 1 fully saturated rings. The molecule has 0 spiro atoms. The van der Waals surface area contributed by atoms with Crippen molar-refractivity contribution in [2.75, 3.05) is 25.5 Å². The zero-order valence-electron chi connectivity index (χ0n) is 19.2. The van der Waals surface area contributed by atoms with Gasteiger partial charge in [-0.2, -0.15) is 13.2 Å². The standard InChI is InChI=1S/C26H25F3N6/c1-16-24-18(5-8-32-16)11-23(19-13-30-15-31-14-19)34-25(24)33-20-3-4-21(22(12-20)26(27,28)29)17-6-9-35(2)10-7-17/h3-5,8,11-15,17,32H,1,6-7,9-10H2,2H3,(H,33,34). The van der Waals surface area contributed by atoms with E-state index in [1.807, 2.05) is 19.2 Å². The monoisotopic (exact) mass is 478 g/mol. The van der Waals surface area contributed by atoms with Gasteiger partial charge in [-0.05, 0) is 74.3 Å². The first-order chi connectivity index (χ1) is 16.8. The largest absolute Gasteiger partial charge is 0.416 e. The number of nitrogens with zero attached hydrogens (tertiary/aromatic N) is 4. The number of likely N-dealkylation sites (tertiary alicyclic amines) is 1. The second-order valence-electron chi connectivity index (χ2n) is 8.91. The molecule has 6 nitrogen and oxygen atoms in total. The van der Waals surface area contributed by atoms with Gasteiger partial charge < -0.3 is 15.5 Å². The third-order valence-electron chi connectivity index (χ3n) is 6.51. The van der Waals surface area contributed by atoms with Crippen LogP contribution in [0.25, 0.3) is 23.0 Å². The van der Waals surface area contributed by atoms with Crippen molar-refractivity contribution < 1.29 is 13.2 Å². The molecule has 0 saturated carbocycles. The van der Waals surface area contributed by atoms with Crippen LogP contribution >= 0.6 is 0 Å². The molecule has 180 valence electrons. The Morgan fingerprint density at radius 2 is 1.86 bits per heavy atom. The molecule has 5 rings (SSSR count). The highest BCUT2D eigenvalue weighted by atomic mass is 19.4. The van der Waals surface area contributed by atoms with E-state index in [1.165, 1.54) is 12.4 Å². The van der Waals surface area contributed by atoms with Gasteiger partial charge in [-0.3, -0.25) is 0 Å². The fourth-order valence-corrected chi connectivity index (χ4v) is 4.68. The fourth-order valence-electron chi connectivity index (χ4n) is 4.68. The summed E-state index contributed by atoms with van der Waals surface area (Å²) in [7, 11) is 2.00. The molecule has 0 unspecified atom stereocenters. The van der Waals surface area contributed by atoms with Crippen molar-refractivity contribution in [3.8, 4) is 11.3 Å². The third-order valence-corrected chi connectivity index (χ3v) is 6.51. The van der Waals surface area contributed by atoms with Crippen molar-refractivity contribution in [2.24, 2.45) is 0 Å². The highest BCUT2D eigenvalue weighted by molar-refractivity contribution is 5.86. The Kier molecular flexibility index (Phi) is 6.02. The number of anilines is 2. The second-order valence-corrected chi connectivity index (χ2v) is 8.91. The number of hydrogen-bond acceptors (Lipinski definition) is 6. The van der Waals surface area contributed by atoms with Crippen LogP contribution in [0.15, 0.2) is 55.8 Å². The molecule has 35 heavy (non-hydrogen) atoms. The van der Waals surface area contributed by atoms with Crippen molar-refractivity contribution >= 4 is 23.3 Å². The molecule has 0 bridgehead atoms. The number of alkyl halides is 3. The lowest BCUT2D eigenvalue weighted by Gasteiger charge is -2.31. The van der Waals surface area contributed by atoms with Crippen LogP contribution in [0.2, 0.25) is 0 Å². The van der Waals surface area contributed by atoms with E-state index in [0.29, 0.717) is 52.4 Å². The number of halogens is 3. The van der Waals surface area contributed by atoms with Crippen LogP contribution < -0.4 is 10.6 Å². The maximum absolute atomic E-state index is 14.1. The Morgan fingerprint density at radius 3 is 2.57 bits per heavy atom. The van der Waals surface area contributed by atoms with Gasteiger partial charge >= 0.3 is 6.18 Å². The SMILES string of the molecule is C=C1NC=Cc2cc(-c3cncnc3)nc(Nc3ccc(C4CCN(C)CC4)c(C(F)(F)F)c3)c21. The van der Waals surface area contributed by atoms with Crippen molar-refractivity contribution in [2.45, 2.75) is 24.9 Å². The van der Waals surface area contributed by atoms with Crippen LogP contribution in [-0.4, -0.2) is 40.0 Å². The van der Waals surface area contributed by atoms with Crippen LogP contribution in [0.3, 0.4) is 0 Å². The summed E-state index contributed by atoms with van der Waals surface area (Å²) in [6.45, 7) is 5.62. The molecular formula is C26H25F3N6. The molecule has 2 aliphatic heterocycles. The molecule has 0 atom stereocenters. The number of hydrogen-bond donors (Lipinski definition) is 2. The summed E-state index contributed by atoms with van der Waals surface area (Å²) in [5.41, 5.74) is 3.51. The molecule has 9 heteroatoms. The number of benzene rings is 1. The summed E-state index contributed by atoms with van der Waals surface area (Å²) in [4.78, 5) is 15.0. The Bertz CT molecular complexity index is 1280. The lowest BCUT2D eigenvalue weighted by atomic mass is 9.86. The van der Waals surface area contributed by atoms with E-state index in [0.717, 1.165) is 18.7 Å². The normalized spacial score (nSPS) is 16.6. The first kappa shape index (κ1) is 23.0. The maximum Gasteiger partial charge on any atom is 0.416 e. The molecule has 2 N–H and O–H groups in total. The smallest absolute Gasteiger partial charge is 0.362 e. The summed E-state index contributed by atoms with van der Waals surface area (Å²) in [6.07, 6.45) is 5.30. The molecule has 3 aromatic rings. The quantitative estimate of drug-likeness (QED) is 0.505. The van der Waals surface area contributed by atoms with E-state index in [1.54, 1.807) is 30.7 Å². The summed E-state index contributed by atoms with van der Waals surface area (Å²) >= 11 is 0.